The zero-order valence-electron chi connectivity index (χ0n) is 12.5. The molecule has 0 fully saturated rings. The first kappa shape index (κ1) is 16.6. The van der Waals surface area contributed by atoms with E-state index in [1.807, 2.05) is 12.3 Å². The molecule has 1 heterocycles. The van der Waals surface area contributed by atoms with Gasteiger partial charge in [0.25, 0.3) is 0 Å². The summed E-state index contributed by atoms with van der Waals surface area (Å²) in [6.07, 6.45) is 2.71. The van der Waals surface area contributed by atoms with E-state index in [0.717, 1.165) is 24.2 Å². The number of hydrogen-bond donors (Lipinski definition) is 1. The van der Waals surface area contributed by atoms with Gasteiger partial charge in [0, 0.05) is 33.7 Å². The summed E-state index contributed by atoms with van der Waals surface area (Å²) in [5.41, 5.74) is 0.864. The van der Waals surface area contributed by atoms with Crippen LogP contribution in [0.15, 0.2) is 6.20 Å². The third kappa shape index (κ3) is 7.21. The summed E-state index contributed by atoms with van der Waals surface area (Å²) >= 11 is 0. The van der Waals surface area contributed by atoms with Crippen LogP contribution in [0.4, 0.5) is 0 Å². The van der Waals surface area contributed by atoms with Crippen molar-refractivity contribution in [3.05, 3.63) is 17.7 Å². The first-order chi connectivity index (χ1) is 9.40. The summed E-state index contributed by atoms with van der Waals surface area (Å²) in [5.74, 6) is 0.733. The zero-order chi connectivity index (χ0) is 15.0. The lowest BCUT2D eigenvalue weighted by atomic mass is 10.2. The molecule has 0 aliphatic heterocycles. The number of imidazole rings is 1. The molecule has 0 bridgehead atoms. The number of hydrogen-bond acceptors (Lipinski definition) is 4. The Bertz CT molecular complexity index is 471. The predicted molar refractivity (Wildman–Crippen MR) is 80.0 cm³/mol. The number of aryl methyl sites for hydroxylation is 1. The van der Waals surface area contributed by atoms with E-state index in [0.29, 0.717) is 19.4 Å². The Kier molecular flexibility index (Phi) is 6.62. The third-order valence-corrected chi connectivity index (χ3v) is 4.55. The molecule has 0 saturated carbocycles. The predicted octanol–water partition coefficient (Wildman–Crippen LogP) is 2.68. The fourth-order valence-corrected chi connectivity index (χ4v) is 2.35. The molecule has 0 saturated heterocycles. The molecule has 0 unspecified atom stereocenters. The fourth-order valence-electron chi connectivity index (χ4n) is 1.60. The fraction of sp³-hybridized carbons (Fsp3) is 0.643. The number of carbonyl (C=O) groups is 1. The van der Waals surface area contributed by atoms with Gasteiger partial charge in [-0.25, -0.2) is 4.98 Å². The number of ether oxygens (including phenoxy) is 1. The number of aromatic amines is 1. The van der Waals surface area contributed by atoms with Crippen LogP contribution in [0.2, 0.25) is 25.7 Å². The van der Waals surface area contributed by atoms with E-state index >= 15 is 0 Å². The largest absolute Gasteiger partial charge is 0.375 e. The first-order valence-corrected chi connectivity index (χ1v) is 10.6. The number of aromatic nitrogens is 2. The van der Waals surface area contributed by atoms with Gasteiger partial charge in [0.2, 0.25) is 0 Å². The van der Waals surface area contributed by atoms with Gasteiger partial charge in [-0.05, 0) is 6.04 Å². The minimum Gasteiger partial charge on any atom is -0.375 e. The van der Waals surface area contributed by atoms with Gasteiger partial charge in [0.15, 0.2) is 0 Å². The quantitative estimate of drug-likeness (QED) is 0.561. The van der Waals surface area contributed by atoms with Crippen LogP contribution in [-0.2, 0) is 22.6 Å². The topological polar surface area (TPSA) is 78.8 Å². The molecule has 0 aliphatic carbocycles. The molecular formula is C14H23N3O2Si. The van der Waals surface area contributed by atoms with Gasteiger partial charge in [-0.1, -0.05) is 19.6 Å². The van der Waals surface area contributed by atoms with Crippen LogP contribution >= 0.6 is 0 Å². The minimum atomic E-state index is -1.04. The number of ketones is 1. The van der Waals surface area contributed by atoms with Crippen molar-refractivity contribution in [1.29, 1.82) is 5.26 Å². The molecule has 5 nitrogen and oxygen atoms in total. The summed E-state index contributed by atoms with van der Waals surface area (Å²) < 4.78 is 5.62. The molecule has 0 radical (unpaired) electrons. The number of nitrogens with one attached hydrogen (secondary N) is 1. The van der Waals surface area contributed by atoms with Crippen molar-refractivity contribution in [1.82, 2.24) is 9.97 Å². The van der Waals surface area contributed by atoms with E-state index < -0.39 is 8.07 Å². The van der Waals surface area contributed by atoms with Crippen molar-refractivity contribution in [2.45, 2.75) is 51.6 Å². The monoisotopic (exact) mass is 293 g/mol. The highest BCUT2D eigenvalue weighted by molar-refractivity contribution is 6.76. The molecule has 1 N–H and O–H groups in total. The molecular weight excluding hydrogens is 270 g/mol. The SMILES string of the molecule is C[Si](C)(C)CCOCc1c[nH]c(CCC(=O)CC#N)n1. The summed E-state index contributed by atoms with van der Waals surface area (Å²) in [4.78, 5) is 18.7. The molecule has 1 aromatic rings. The minimum absolute atomic E-state index is 0.0205. The van der Waals surface area contributed by atoms with Crippen molar-refractivity contribution < 1.29 is 9.53 Å². The number of rotatable bonds is 9. The van der Waals surface area contributed by atoms with Crippen LogP contribution in [-0.4, -0.2) is 30.4 Å². The highest BCUT2D eigenvalue weighted by atomic mass is 28.3. The van der Waals surface area contributed by atoms with Crippen molar-refractivity contribution in [2.75, 3.05) is 6.61 Å². The van der Waals surface area contributed by atoms with Crippen molar-refractivity contribution in [3.8, 4) is 6.07 Å². The number of nitrogens with zero attached hydrogens (tertiary/aromatic N) is 2. The molecule has 0 aliphatic rings. The Morgan fingerprint density at radius 3 is 2.90 bits per heavy atom. The standard InChI is InChI=1S/C14H23N3O2Si/c1-20(2,3)9-8-19-11-12-10-16-14(17-12)5-4-13(18)6-7-15/h10H,4-6,8-9,11H2,1-3H3,(H,16,17). The normalized spacial score (nSPS) is 11.3. The lowest BCUT2D eigenvalue weighted by Crippen LogP contribution is -2.21. The first-order valence-electron chi connectivity index (χ1n) is 6.90. The van der Waals surface area contributed by atoms with Crippen LogP contribution in [0.25, 0.3) is 0 Å². The van der Waals surface area contributed by atoms with E-state index in [9.17, 15) is 4.79 Å². The van der Waals surface area contributed by atoms with E-state index in [-0.39, 0.29) is 12.2 Å². The van der Waals surface area contributed by atoms with E-state index in [4.69, 9.17) is 10.00 Å². The Hall–Kier alpha value is -1.45. The molecule has 110 valence electrons. The molecule has 0 atom stereocenters. The van der Waals surface area contributed by atoms with Gasteiger partial charge in [-0.2, -0.15) is 5.26 Å². The molecule has 20 heavy (non-hydrogen) atoms. The average molecular weight is 293 g/mol. The molecule has 1 aromatic heterocycles. The second-order valence-corrected chi connectivity index (χ2v) is 11.7. The van der Waals surface area contributed by atoms with Gasteiger partial charge in [0.05, 0.1) is 24.8 Å². The Morgan fingerprint density at radius 1 is 1.50 bits per heavy atom. The van der Waals surface area contributed by atoms with Crippen LogP contribution in [0, 0.1) is 11.3 Å². The lowest BCUT2D eigenvalue weighted by molar-refractivity contribution is -0.118. The number of H-pyrrole nitrogens is 1. The second-order valence-electron chi connectivity index (χ2n) is 6.08. The molecule has 6 heteroatoms. The lowest BCUT2D eigenvalue weighted by Gasteiger charge is -2.14. The van der Waals surface area contributed by atoms with Gasteiger partial charge in [-0.15, -0.1) is 0 Å². The number of nitriles is 1. The average Bonchev–Trinajstić information content (AvgIpc) is 2.79. The number of carbonyl (C=O) groups excluding carboxylic acids is 1. The van der Waals surface area contributed by atoms with Crippen molar-refractivity contribution >= 4 is 13.9 Å². The molecule has 0 amide bonds. The van der Waals surface area contributed by atoms with Gasteiger partial charge in [-0.3, -0.25) is 4.79 Å². The van der Waals surface area contributed by atoms with E-state index in [1.165, 1.54) is 0 Å². The highest BCUT2D eigenvalue weighted by Gasteiger charge is 2.12. The third-order valence-electron chi connectivity index (χ3n) is 2.85. The van der Waals surface area contributed by atoms with Gasteiger partial charge < -0.3 is 9.72 Å². The molecule has 0 aromatic carbocycles. The van der Waals surface area contributed by atoms with Gasteiger partial charge in [0.1, 0.15) is 11.6 Å². The van der Waals surface area contributed by atoms with E-state index in [2.05, 4.69) is 29.6 Å². The maximum atomic E-state index is 11.2. The Morgan fingerprint density at radius 2 is 2.25 bits per heavy atom. The second kappa shape index (κ2) is 7.97. The maximum absolute atomic E-state index is 11.2. The van der Waals surface area contributed by atoms with E-state index in [1.54, 1.807) is 0 Å². The number of Topliss-reactive ketones (excluding diaryl/α,β-unsaturated/α-hetero) is 1. The van der Waals surface area contributed by atoms with Crippen LogP contribution in [0.5, 0.6) is 0 Å². The van der Waals surface area contributed by atoms with Crippen LogP contribution in [0.1, 0.15) is 24.4 Å². The van der Waals surface area contributed by atoms with Crippen molar-refractivity contribution in [3.63, 3.8) is 0 Å². The van der Waals surface area contributed by atoms with Crippen LogP contribution < -0.4 is 0 Å². The van der Waals surface area contributed by atoms with Crippen molar-refractivity contribution in [2.24, 2.45) is 0 Å². The molecule has 1 rings (SSSR count). The smallest absolute Gasteiger partial charge is 0.147 e. The maximum Gasteiger partial charge on any atom is 0.147 e. The molecule has 0 spiro atoms. The summed E-state index contributed by atoms with van der Waals surface area (Å²) in [5, 5.41) is 8.41. The summed E-state index contributed by atoms with van der Waals surface area (Å²) in [6, 6.07) is 3.00. The van der Waals surface area contributed by atoms with Crippen LogP contribution in [0.3, 0.4) is 0 Å². The highest BCUT2D eigenvalue weighted by Crippen LogP contribution is 2.09. The summed E-state index contributed by atoms with van der Waals surface area (Å²) in [7, 11) is -1.04. The van der Waals surface area contributed by atoms with Gasteiger partial charge >= 0.3 is 0 Å². The zero-order valence-corrected chi connectivity index (χ0v) is 13.5. The summed E-state index contributed by atoms with van der Waals surface area (Å²) in [6.45, 7) is 8.25. The Labute approximate surface area is 121 Å². The Balaban J connectivity index is 2.26.